The molecule has 3 aromatic heterocycles. The molecule has 4 rings (SSSR count). The van der Waals surface area contributed by atoms with Crippen LogP contribution in [0.2, 0.25) is 0 Å². The smallest absolute Gasteiger partial charge is 0.260 e. The largest absolute Gasteiger partial charge is 0.461 e. The number of nitrogen functional groups attached to an aromatic ring is 1. The third-order valence-corrected chi connectivity index (χ3v) is 8.47. The van der Waals surface area contributed by atoms with Crippen LogP contribution < -0.4 is 16.4 Å². The van der Waals surface area contributed by atoms with Gasteiger partial charge in [0, 0.05) is 31.6 Å². The van der Waals surface area contributed by atoms with Crippen molar-refractivity contribution in [3.8, 4) is 17.4 Å². The fourth-order valence-electron chi connectivity index (χ4n) is 3.83. The topological polar surface area (TPSA) is 160 Å². The third kappa shape index (κ3) is 3.58. The van der Waals surface area contributed by atoms with Crippen LogP contribution in [-0.4, -0.2) is 55.5 Å². The van der Waals surface area contributed by atoms with Crippen LogP contribution in [0.3, 0.4) is 0 Å². The zero-order valence-electron chi connectivity index (χ0n) is 17.6. The number of nitrogens with zero attached hydrogens (tertiary/aromatic N) is 4. The summed E-state index contributed by atoms with van der Waals surface area (Å²) >= 11 is 1.06. The lowest BCUT2D eigenvalue weighted by Gasteiger charge is -2.35. The zero-order valence-corrected chi connectivity index (χ0v) is 19.2. The molecule has 0 radical (unpaired) electrons. The number of carbonyl (C=O) groups is 1. The molecule has 0 aromatic carbocycles. The molecule has 10 nitrogen and oxygen atoms in total. The van der Waals surface area contributed by atoms with Gasteiger partial charge in [0.25, 0.3) is 5.91 Å². The van der Waals surface area contributed by atoms with Gasteiger partial charge in [0.1, 0.15) is 38.7 Å². The van der Waals surface area contributed by atoms with E-state index in [2.05, 4.69) is 11.1 Å². The molecule has 1 aliphatic rings. The van der Waals surface area contributed by atoms with E-state index >= 15 is 0 Å². The number of nitriles is 1. The Labute approximate surface area is 189 Å². The van der Waals surface area contributed by atoms with E-state index in [1.54, 1.807) is 26.0 Å². The Morgan fingerprint density at radius 2 is 2.00 bits per heavy atom. The first-order valence-corrected chi connectivity index (χ1v) is 12.4. The predicted octanol–water partition coefficient (Wildman–Crippen LogP) is 1.89. The molecule has 12 heteroatoms. The summed E-state index contributed by atoms with van der Waals surface area (Å²) in [7, 11) is -3.30. The van der Waals surface area contributed by atoms with Gasteiger partial charge in [-0.15, -0.1) is 11.3 Å². The molecule has 0 saturated carbocycles. The Hall–Kier alpha value is -3.14. The lowest BCUT2D eigenvalue weighted by molar-refractivity contribution is 0.100. The second-order valence-electron chi connectivity index (χ2n) is 7.38. The van der Waals surface area contributed by atoms with E-state index in [0.717, 1.165) is 11.3 Å². The summed E-state index contributed by atoms with van der Waals surface area (Å²) in [5.74, 6) is 0.839. The highest BCUT2D eigenvalue weighted by atomic mass is 32.2. The number of amides is 1. The number of aryl methyl sites for hydroxylation is 1. The van der Waals surface area contributed by atoms with Crippen LogP contribution in [0.4, 0.5) is 11.5 Å². The third-order valence-electron chi connectivity index (χ3n) is 5.48. The standard InChI is InChI=1S/C20H22N6O4S2/c1-3-32(28,29)26-8-6-25(7-9-26)19-12(10-21)14(13-5-4-11(2)30-13)15-16(22)17(18(23)27)31-20(15)24-19/h4-5H,3,6-9,22H2,1-2H3,(H2,23,27). The summed E-state index contributed by atoms with van der Waals surface area (Å²) in [6.07, 6.45) is 0. The average Bonchev–Trinajstić information content (AvgIpc) is 3.35. The Morgan fingerprint density at radius 1 is 1.31 bits per heavy atom. The maximum atomic E-state index is 12.2. The first-order valence-electron chi connectivity index (χ1n) is 9.93. The molecular formula is C20H22N6O4S2. The number of aromatic nitrogens is 1. The Kier molecular flexibility index (Phi) is 5.58. The molecule has 0 unspecified atom stereocenters. The molecule has 1 amide bonds. The number of primary amides is 1. The van der Waals surface area contributed by atoms with Gasteiger partial charge in [-0.05, 0) is 26.0 Å². The lowest BCUT2D eigenvalue weighted by atomic mass is 10.0. The SMILES string of the molecule is CCS(=O)(=O)N1CCN(c2nc3sc(C(N)=O)c(N)c3c(-c3ccc(C)o3)c2C#N)CC1. The number of nitrogens with two attached hydrogens (primary N) is 2. The van der Waals surface area contributed by atoms with Crippen LogP contribution in [0.5, 0.6) is 0 Å². The van der Waals surface area contributed by atoms with Crippen molar-refractivity contribution < 1.29 is 17.6 Å². The number of piperazine rings is 1. The molecule has 0 spiro atoms. The van der Waals surface area contributed by atoms with Gasteiger partial charge in [-0.3, -0.25) is 4.79 Å². The van der Waals surface area contributed by atoms with Crippen LogP contribution in [0, 0.1) is 18.3 Å². The van der Waals surface area contributed by atoms with Gasteiger partial charge < -0.3 is 20.8 Å². The van der Waals surface area contributed by atoms with Crippen molar-refractivity contribution in [3.63, 3.8) is 0 Å². The van der Waals surface area contributed by atoms with Crippen molar-refractivity contribution in [1.29, 1.82) is 5.26 Å². The Balaban J connectivity index is 1.89. The average molecular weight is 475 g/mol. The highest BCUT2D eigenvalue weighted by Gasteiger charge is 2.31. The molecule has 1 fully saturated rings. The van der Waals surface area contributed by atoms with Crippen LogP contribution in [-0.2, 0) is 10.0 Å². The van der Waals surface area contributed by atoms with Crippen molar-refractivity contribution in [1.82, 2.24) is 9.29 Å². The molecule has 32 heavy (non-hydrogen) atoms. The fourth-order valence-corrected chi connectivity index (χ4v) is 5.87. The number of pyridine rings is 1. The molecule has 4 heterocycles. The van der Waals surface area contributed by atoms with E-state index in [4.69, 9.17) is 15.9 Å². The number of rotatable bonds is 5. The minimum atomic E-state index is -3.30. The van der Waals surface area contributed by atoms with Crippen molar-refractivity contribution in [2.75, 3.05) is 42.6 Å². The summed E-state index contributed by atoms with van der Waals surface area (Å²) in [5, 5.41) is 10.5. The van der Waals surface area contributed by atoms with Gasteiger partial charge in [-0.1, -0.05) is 0 Å². The summed E-state index contributed by atoms with van der Waals surface area (Å²) in [4.78, 5) is 19.1. The molecule has 168 valence electrons. The number of furan rings is 1. The summed E-state index contributed by atoms with van der Waals surface area (Å²) in [6, 6.07) is 5.73. The molecule has 0 aliphatic carbocycles. The van der Waals surface area contributed by atoms with Crippen LogP contribution >= 0.6 is 11.3 Å². The molecule has 1 saturated heterocycles. The van der Waals surface area contributed by atoms with Gasteiger partial charge in [0.2, 0.25) is 10.0 Å². The van der Waals surface area contributed by atoms with Gasteiger partial charge in [-0.2, -0.15) is 9.57 Å². The number of anilines is 2. The van der Waals surface area contributed by atoms with E-state index in [1.165, 1.54) is 4.31 Å². The quantitative estimate of drug-likeness (QED) is 0.567. The maximum Gasteiger partial charge on any atom is 0.260 e. The van der Waals surface area contributed by atoms with Crippen molar-refractivity contribution >= 4 is 49.0 Å². The summed E-state index contributed by atoms with van der Waals surface area (Å²) in [5.41, 5.74) is 12.6. The monoisotopic (exact) mass is 474 g/mol. The van der Waals surface area contributed by atoms with Crippen LogP contribution in [0.25, 0.3) is 21.5 Å². The lowest BCUT2D eigenvalue weighted by Crippen LogP contribution is -2.49. The second-order valence-corrected chi connectivity index (χ2v) is 10.6. The maximum absolute atomic E-state index is 12.2. The van der Waals surface area contributed by atoms with E-state index in [9.17, 15) is 18.5 Å². The number of fused-ring (bicyclic) bond motifs is 1. The number of hydrogen-bond acceptors (Lipinski definition) is 9. The van der Waals surface area contributed by atoms with Crippen molar-refractivity contribution in [2.45, 2.75) is 13.8 Å². The molecule has 3 aromatic rings. The van der Waals surface area contributed by atoms with E-state index < -0.39 is 15.9 Å². The molecule has 1 aliphatic heterocycles. The first kappa shape index (κ1) is 22.1. The van der Waals surface area contributed by atoms with Gasteiger partial charge in [0.05, 0.1) is 17.0 Å². The summed E-state index contributed by atoms with van der Waals surface area (Å²) in [6.45, 7) is 4.71. The molecule has 0 bridgehead atoms. The fraction of sp³-hybridized carbons (Fsp3) is 0.350. The van der Waals surface area contributed by atoms with Crippen molar-refractivity contribution in [3.05, 3.63) is 28.3 Å². The van der Waals surface area contributed by atoms with E-state index in [-0.39, 0.29) is 35.0 Å². The van der Waals surface area contributed by atoms with Crippen LogP contribution in [0.15, 0.2) is 16.5 Å². The predicted molar refractivity (Wildman–Crippen MR) is 123 cm³/mol. The summed E-state index contributed by atoms with van der Waals surface area (Å²) < 4.78 is 31.7. The second kappa shape index (κ2) is 8.09. The van der Waals surface area contributed by atoms with Gasteiger partial charge >= 0.3 is 0 Å². The zero-order chi connectivity index (χ0) is 23.2. The first-order chi connectivity index (χ1) is 15.2. The molecule has 4 N–H and O–H groups in total. The van der Waals surface area contributed by atoms with E-state index in [1.807, 2.05) is 4.90 Å². The number of thiophene rings is 1. The highest BCUT2D eigenvalue weighted by molar-refractivity contribution is 7.89. The van der Waals surface area contributed by atoms with E-state index in [0.29, 0.717) is 46.2 Å². The Bertz CT molecular complexity index is 1360. The number of hydrogen-bond donors (Lipinski definition) is 2. The minimum absolute atomic E-state index is 0.0347. The van der Waals surface area contributed by atoms with Crippen LogP contribution in [0.1, 0.15) is 27.9 Å². The van der Waals surface area contributed by atoms with Crippen molar-refractivity contribution in [2.24, 2.45) is 5.73 Å². The Morgan fingerprint density at radius 3 is 2.53 bits per heavy atom. The van der Waals surface area contributed by atoms with Gasteiger partial charge in [0.15, 0.2) is 0 Å². The number of carbonyl (C=O) groups excluding carboxylic acids is 1. The normalized spacial score (nSPS) is 15.2. The highest BCUT2D eigenvalue weighted by Crippen LogP contribution is 2.44. The van der Waals surface area contributed by atoms with Gasteiger partial charge in [-0.25, -0.2) is 13.4 Å². The molecular weight excluding hydrogens is 452 g/mol. The molecule has 0 atom stereocenters. The minimum Gasteiger partial charge on any atom is -0.461 e. The number of sulfonamides is 1.